The van der Waals surface area contributed by atoms with Crippen LogP contribution < -0.4 is 20.2 Å². The number of hydrogen-bond acceptors (Lipinski definition) is 6. The van der Waals surface area contributed by atoms with Crippen molar-refractivity contribution in [2.75, 3.05) is 7.11 Å². The van der Waals surface area contributed by atoms with Crippen molar-refractivity contribution >= 4 is 22.9 Å². The third kappa shape index (κ3) is 6.15. The molecule has 3 rings (SSSR count). The third-order valence-corrected chi connectivity index (χ3v) is 6.50. The summed E-state index contributed by atoms with van der Waals surface area (Å²) in [7, 11) is 1.25. The number of carbonyl (C=O) groups excluding carboxylic acids is 2. The highest BCUT2D eigenvalue weighted by molar-refractivity contribution is 8.14. The van der Waals surface area contributed by atoms with E-state index in [1.807, 2.05) is 37.3 Å². The molecule has 2 aromatic carbocycles. The summed E-state index contributed by atoms with van der Waals surface area (Å²) >= 11 is 1.10. The van der Waals surface area contributed by atoms with E-state index < -0.39 is 24.3 Å². The molecule has 1 aliphatic heterocycles. The maximum Gasteiger partial charge on any atom is 0.573 e. The summed E-state index contributed by atoms with van der Waals surface area (Å²) in [6.07, 6.45) is -4.76. The standard InChI is InChI=1S/C23H26F3N3O4S/c1-4-18-20(15-11-12-16(17(13-15)32-3)33-23(24,25)26)29(28-22(31)34-18)21(27-19(30)5-2)14-9-7-6-8-10-14/h6-13,18,20-21H,4-5H2,1-3H3,(H,27,30)(H,28,31). The van der Waals surface area contributed by atoms with Crippen LogP contribution in [0.1, 0.15) is 50.0 Å². The molecule has 1 heterocycles. The van der Waals surface area contributed by atoms with Gasteiger partial charge in [-0.3, -0.25) is 15.0 Å². The minimum Gasteiger partial charge on any atom is -0.493 e. The maximum absolute atomic E-state index is 12.8. The molecular weight excluding hydrogens is 471 g/mol. The Kier molecular flexibility index (Phi) is 8.32. The fourth-order valence-corrected chi connectivity index (χ4v) is 4.79. The molecule has 0 spiro atoms. The first-order valence-electron chi connectivity index (χ1n) is 10.7. The Bertz CT molecular complexity index is 1010. The second kappa shape index (κ2) is 11.0. The van der Waals surface area contributed by atoms with Crippen LogP contribution in [0, 0.1) is 0 Å². The molecule has 1 aliphatic rings. The minimum atomic E-state index is -4.87. The highest BCUT2D eigenvalue weighted by Gasteiger charge is 2.41. The average Bonchev–Trinajstić information content (AvgIpc) is 2.81. The van der Waals surface area contributed by atoms with Gasteiger partial charge >= 0.3 is 6.36 Å². The second-order valence-electron chi connectivity index (χ2n) is 7.51. The van der Waals surface area contributed by atoms with E-state index in [1.165, 1.54) is 25.3 Å². The van der Waals surface area contributed by atoms with Crippen LogP contribution in [0.4, 0.5) is 18.0 Å². The number of benzene rings is 2. The maximum atomic E-state index is 12.8. The highest BCUT2D eigenvalue weighted by atomic mass is 32.2. The number of nitrogens with zero attached hydrogens (tertiary/aromatic N) is 1. The summed E-state index contributed by atoms with van der Waals surface area (Å²) in [5.74, 6) is -0.787. The Morgan fingerprint density at radius 2 is 1.88 bits per heavy atom. The van der Waals surface area contributed by atoms with Crippen LogP contribution in [-0.2, 0) is 4.79 Å². The number of hydrogen-bond donors (Lipinski definition) is 2. The lowest BCUT2D eigenvalue weighted by atomic mass is 9.98. The first-order chi connectivity index (χ1) is 16.2. The van der Waals surface area contributed by atoms with Crippen LogP contribution in [0.2, 0.25) is 0 Å². The zero-order valence-electron chi connectivity index (χ0n) is 18.9. The number of nitrogens with one attached hydrogen (secondary N) is 2. The molecule has 0 aromatic heterocycles. The van der Waals surface area contributed by atoms with E-state index in [2.05, 4.69) is 15.5 Å². The average molecular weight is 498 g/mol. The number of methoxy groups -OCH3 is 1. The SMILES string of the molecule is CCC(=O)NC(c1ccccc1)N1NC(=O)SC(CC)C1c1ccc(OC(F)(F)F)c(OC)c1. The molecule has 2 amide bonds. The lowest BCUT2D eigenvalue weighted by molar-refractivity contribution is -0.275. The van der Waals surface area contributed by atoms with E-state index in [4.69, 9.17) is 4.74 Å². The zero-order valence-corrected chi connectivity index (χ0v) is 19.7. The number of amides is 2. The van der Waals surface area contributed by atoms with Gasteiger partial charge in [-0.1, -0.05) is 62.0 Å². The van der Waals surface area contributed by atoms with Crippen molar-refractivity contribution in [1.29, 1.82) is 0 Å². The van der Waals surface area contributed by atoms with Gasteiger partial charge in [0.05, 0.1) is 13.2 Å². The molecule has 7 nitrogen and oxygen atoms in total. The normalized spacial score (nSPS) is 19.8. The molecule has 0 bridgehead atoms. The Morgan fingerprint density at radius 1 is 1.18 bits per heavy atom. The van der Waals surface area contributed by atoms with Crippen LogP contribution in [0.25, 0.3) is 0 Å². The van der Waals surface area contributed by atoms with Gasteiger partial charge in [-0.2, -0.15) is 5.01 Å². The zero-order chi connectivity index (χ0) is 24.9. The van der Waals surface area contributed by atoms with Crippen molar-refractivity contribution < 1.29 is 32.2 Å². The number of thioether (sulfide) groups is 1. The largest absolute Gasteiger partial charge is 0.573 e. The van der Waals surface area contributed by atoms with Crippen molar-refractivity contribution in [2.45, 2.75) is 50.5 Å². The summed E-state index contributed by atoms with van der Waals surface area (Å²) in [5.41, 5.74) is 4.17. The Balaban J connectivity index is 2.09. The molecule has 184 valence electrons. The summed E-state index contributed by atoms with van der Waals surface area (Å²) in [6.45, 7) is 3.64. The predicted molar refractivity (Wildman–Crippen MR) is 122 cm³/mol. The topological polar surface area (TPSA) is 79.9 Å². The van der Waals surface area contributed by atoms with Gasteiger partial charge in [0.1, 0.15) is 6.17 Å². The monoisotopic (exact) mass is 497 g/mol. The lowest BCUT2D eigenvalue weighted by Crippen LogP contribution is -2.56. The number of hydrazine groups is 1. The smallest absolute Gasteiger partial charge is 0.493 e. The molecule has 11 heteroatoms. The minimum absolute atomic E-state index is 0.0969. The van der Waals surface area contributed by atoms with E-state index in [0.717, 1.165) is 17.3 Å². The number of ether oxygens (including phenoxy) is 2. The summed E-state index contributed by atoms with van der Waals surface area (Å²) in [5, 5.41) is 4.05. The molecule has 34 heavy (non-hydrogen) atoms. The van der Waals surface area contributed by atoms with Gasteiger partial charge in [0, 0.05) is 11.7 Å². The van der Waals surface area contributed by atoms with Gasteiger partial charge in [-0.15, -0.1) is 13.2 Å². The van der Waals surface area contributed by atoms with Crippen LogP contribution >= 0.6 is 11.8 Å². The van der Waals surface area contributed by atoms with Crippen LogP contribution in [-0.4, -0.2) is 34.9 Å². The molecule has 2 N–H and O–H groups in total. The molecule has 2 aromatic rings. The number of carbonyl (C=O) groups is 2. The van der Waals surface area contributed by atoms with Crippen molar-refractivity contribution in [3.63, 3.8) is 0 Å². The highest BCUT2D eigenvalue weighted by Crippen LogP contribution is 2.43. The van der Waals surface area contributed by atoms with Crippen LogP contribution in [0.3, 0.4) is 0 Å². The van der Waals surface area contributed by atoms with E-state index in [-0.39, 0.29) is 28.6 Å². The van der Waals surface area contributed by atoms with E-state index in [1.54, 1.807) is 11.9 Å². The fourth-order valence-electron chi connectivity index (χ4n) is 3.77. The fraction of sp³-hybridized carbons (Fsp3) is 0.391. The summed E-state index contributed by atoms with van der Waals surface area (Å²) in [6, 6.07) is 12.8. The van der Waals surface area contributed by atoms with Gasteiger partial charge in [0.25, 0.3) is 5.24 Å². The number of alkyl halides is 3. The molecular formula is C23H26F3N3O4S. The Labute approximate surface area is 199 Å². The molecule has 0 radical (unpaired) electrons. The quantitative estimate of drug-likeness (QED) is 0.515. The van der Waals surface area contributed by atoms with Crippen LogP contribution in [0.15, 0.2) is 48.5 Å². The van der Waals surface area contributed by atoms with Crippen molar-refractivity contribution in [3.05, 3.63) is 59.7 Å². The molecule has 0 saturated carbocycles. The van der Waals surface area contributed by atoms with Crippen LogP contribution in [0.5, 0.6) is 11.5 Å². The first kappa shape index (κ1) is 25.7. The summed E-state index contributed by atoms with van der Waals surface area (Å²) < 4.78 is 47.7. The van der Waals surface area contributed by atoms with Crippen molar-refractivity contribution in [3.8, 4) is 11.5 Å². The molecule has 3 unspecified atom stereocenters. The summed E-state index contributed by atoms with van der Waals surface area (Å²) in [4.78, 5) is 25.0. The van der Waals surface area contributed by atoms with Gasteiger partial charge in [-0.25, -0.2) is 0 Å². The number of rotatable bonds is 8. The van der Waals surface area contributed by atoms with Gasteiger partial charge in [-0.05, 0) is 29.7 Å². The molecule has 3 atom stereocenters. The third-order valence-electron chi connectivity index (χ3n) is 5.30. The van der Waals surface area contributed by atoms with Crippen molar-refractivity contribution in [2.24, 2.45) is 0 Å². The van der Waals surface area contributed by atoms with E-state index >= 15 is 0 Å². The Morgan fingerprint density at radius 3 is 2.47 bits per heavy atom. The lowest BCUT2D eigenvalue weighted by Gasteiger charge is -2.44. The van der Waals surface area contributed by atoms with E-state index in [9.17, 15) is 22.8 Å². The number of halogens is 3. The second-order valence-corrected chi connectivity index (χ2v) is 8.72. The molecule has 0 aliphatic carbocycles. The van der Waals surface area contributed by atoms with Gasteiger partial charge < -0.3 is 14.8 Å². The molecule has 1 saturated heterocycles. The van der Waals surface area contributed by atoms with Crippen molar-refractivity contribution in [1.82, 2.24) is 15.8 Å². The first-order valence-corrected chi connectivity index (χ1v) is 11.6. The van der Waals surface area contributed by atoms with Gasteiger partial charge in [0.2, 0.25) is 5.91 Å². The van der Waals surface area contributed by atoms with E-state index in [0.29, 0.717) is 12.0 Å². The predicted octanol–water partition coefficient (Wildman–Crippen LogP) is 5.31. The molecule has 1 fully saturated rings. The Hall–Kier alpha value is -2.92. The van der Waals surface area contributed by atoms with Gasteiger partial charge in [0.15, 0.2) is 11.5 Å².